The Labute approximate surface area is 128 Å². The largest absolute Gasteiger partial charge is 0.724 e. The summed E-state index contributed by atoms with van der Waals surface area (Å²) in [5, 5.41) is 20.3. The van der Waals surface area contributed by atoms with Crippen molar-refractivity contribution >= 4 is 18.2 Å². The molecule has 0 bridgehead atoms. The molecule has 0 fully saturated rings. The molecule has 2 aromatic rings. The molecule has 0 amide bonds. The number of rotatable bonds is 2. The summed E-state index contributed by atoms with van der Waals surface area (Å²) in [5.41, 5.74) is 2.74. The fourth-order valence-electron chi connectivity index (χ4n) is 1.43. The lowest BCUT2D eigenvalue weighted by Gasteiger charge is -2.00. The molecule has 0 spiro atoms. The van der Waals surface area contributed by atoms with Crippen molar-refractivity contribution in [2.45, 2.75) is 6.42 Å². The zero-order valence-corrected chi connectivity index (χ0v) is 11.5. The number of hydrogen-bond donors (Lipinski definition) is 0. The third-order valence-electron chi connectivity index (χ3n) is 2.09. The van der Waals surface area contributed by atoms with Crippen molar-refractivity contribution in [3.8, 4) is 0 Å². The Morgan fingerprint density at radius 2 is 0.818 bits per heavy atom. The topological polar surface area (TPSA) is 118 Å². The van der Waals surface area contributed by atoms with Crippen LogP contribution in [0.25, 0.3) is 16.2 Å². The van der Waals surface area contributed by atoms with Crippen molar-refractivity contribution < 1.29 is 14.4 Å². The Balaban J connectivity index is 0. The number of carbonyl (C=O) groups excluding carboxylic acids is 3. The van der Waals surface area contributed by atoms with Crippen LogP contribution in [0.5, 0.6) is 0 Å². The molecule has 6 nitrogen and oxygen atoms in total. The fraction of sp³-hybridized carbons (Fsp3) is 0.0625. The van der Waals surface area contributed by atoms with Gasteiger partial charge in [0.1, 0.15) is 0 Å². The van der Waals surface area contributed by atoms with Crippen LogP contribution in [0, 0.1) is 0 Å². The highest BCUT2D eigenvalue weighted by molar-refractivity contribution is 5.37. The summed E-state index contributed by atoms with van der Waals surface area (Å²) in [6.45, 7) is 0. The zero-order valence-electron chi connectivity index (χ0n) is 11.5. The summed E-state index contributed by atoms with van der Waals surface area (Å²) in [5.74, 6) is 0. The normalized spacial score (nSPS) is 6.91. The van der Waals surface area contributed by atoms with Crippen molar-refractivity contribution in [1.82, 2.24) is 0 Å². The lowest BCUT2D eigenvalue weighted by Crippen LogP contribution is -1.85. The summed E-state index contributed by atoms with van der Waals surface area (Å²) in [7, 11) is 0. The number of hydrogen-bond acceptors (Lipinski definition) is 3. The Hall–Kier alpha value is -3.42. The van der Waals surface area contributed by atoms with Crippen LogP contribution in [-0.4, -0.2) is 18.2 Å². The molecule has 0 saturated heterocycles. The van der Waals surface area contributed by atoms with Gasteiger partial charge in [-0.3, -0.25) is 14.4 Å². The van der Waals surface area contributed by atoms with E-state index >= 15 is 0 Å². The van der Waals surface area contributed by atoms with E-state index in [2.05, 4.69) is 60.7 Å². The van der Waals surface area contributed by atoms with Gasteiger partial charge in [0.2, 0.25) is 0 Å². The minimum Gasteiger partial charge on any atom is -0.724 e. The maximum atomic E-state index is 8.24. The monoisotopic (exact) mass is 294 g/mol. The van der Waals surface area contributed by atoms with Crippen LogP contribution in [0.2, 0.25) is 0 Å². The molecule has 2 rings (SSSR count). The van der Waals surface area contributed by atoms with Gasteiger partial charge in [-0.2, -0.15) is 0 Å². The highest BCUT2D eigenvalue weighted by atomic mass is 16.1. The summed E-state index contributed by atoms with van der Waals surface area (Å²) in [6, 6.07) is 21.1. The molecular weight excluding hydrogens is 282 g/mol. The van der Waals surface area contributed by atoms with Gasteiger partial charge in [-0.15, -0.1) is 0 Å². The average molecular weight is 294 g/mol. The Bertz CT molecular complexity index is 529. The van der Waals surface area contributed by atoms with Crippen LogP contribution in [0.15, 0.2) is 60.7 Å². The lowest BCUT2D eigenvalue weighted by atomic mass is 10.1. The van der Waals surface area contributed by atoms with E-state index in [0.717, 1.165) is 6.42 Å². The molecular formula is C16H12N3O3-3. The Kier molecular flexibility index (Phi) is 16.7. The van der Waals surface area contributed by atoms with E-state index in [9.17, 15) is 0 Å². The van der Waals surface area contributed by atoms with Gasteiger partial charge in [0.25, 0.3) is 0 Å². The minimum atomic E-state index is 0.500. The van der Waals surface area contributed by atoms with Gasteiger partial charge in [0.05, 0.1) is 0 Å². The van der Waals surface area contributed by atoms with E-state index in [4.69, 9.17) is 30.6 Å². The van der Waals surface area contributed by atoms with Gasteiger partial charge >= 0.3 is 0 Å². The van der Waals surface area contributed by atoms with Gasteiger partial charge in [-0.05, 0) is 35.8 Å². The molecule has 0 radical (unpaired) electrons. The highest BCUT2D eigenvalue weighted by Gasteiger charge is 1.92. The van der Waals surface area contributed by atoms with Crippen LogP contribution >= 0.6 is 0 Å². The van der Waals surface area contributed by atoms with Crippen LogP contribution in [0.3, 0.4) is 0 Å². The second kappa shape index (κ2) is 17.6. The van der Waals surface area contributed by atoms with Crippen LogP contribution in [0.1, 0.15) is 11.1 Å². The first kappa shape index (κ1) is 20.9. The molecule has 0 N–H and O–H groups in total. The van der Waals surface area contributed by atoms with Gasteiger partial charge in [0.15, 0.2) is 0 Å². The molecule has 0 aliphatic carbocycles. The molecule has 2 aromatic carbocycles. The second-order valence-electron chi connectivity index (χ2n) is 3.42. The standard InChI is InChI=1S/C13H12.3CNO/c1-3-7-12(8-4-1)11-13-9-5-2-6-10-13;3*2-1-3/h1-10H,11H2;;;/q;3*-1. The maximum Gasteiger partial charge on any atom is -0.00258 e. The third kappa shape index (κ3) is 14.6. The summed E-state index contributed by atoms with van der Waals surface area (Å²) < 4.78 is 0. The summed E-state index contributed by atoms with van der Waals surface area (Å²) >= 11 is 0. The summed E-state index contributed by atoms with van der Waals surface area (Å²) in [6.07, 6.45) is 2.53. The van der Waals surface area contributed by atoms with E-state index in [0.29, 0.717) is 18.2 Å². The number of isocyanates is 3. The molecule has 0 heterocycles. The molecule has 0 aromatic heterocycles. The van der Waals surface area contributed by atoms with E-state index in [1.54, 1.807) is 0 Å². The van der Waals surface area contributed by atoms with Crippen molar-refractivity contribution in [2.24, 2.45) is 0 Å². The first-order valence-corrected chi connectivity index (χ1v) is 5.81. The zero-order chi connectivity index (χ0) is 17.1. The van der Waals surface area contributed by atoms with E-state index in [1.165, 1.54) is 11.1 Å². The first-order valence-electron chi connectivity index (χ1n) is 5.81. The third-order valence-corrected chi connectivity index (χ3v) is 2.09. The van der Waals surface area contributed by atoms with Crippen molar-refractivity contribution in [3.63, 3.8) is 0 Å². The highest BCUT2D eigenvalue weighted by Crippen LogP contribution is 2.07. The SMILES string of the molecule is [N-]=C=O.[N-]=C=O.[N-]=C=O.c1ccc(Cc2ccccc2)cc1. The predicted molar refractivity (Wildman–Crippen MR) is 82.8 cm³/mol. The molecule has 0 aliphatic rings. The molecule has 0 saturated carbocycles. The van der Waals surface area contributed by atoms with Gasteiger partial charge in [-0.25, -0.2) is 0 Å². The first-order chi connectivity index (χ1) is 10.7. The predicted octanol–water partition coefficient (Wildman–Crippen LogP) is 2.95. The van der Waals surface area contributed by atoms with Crippen LogP contribution in [0.4, 0.5) is 0 Å². The van der Waals surface area contributed by atoms with Gasteiger partial charge in [-0.1, -0.05) is 60.7 Å². The van der Waals surface area contributed by atoms with Gasteiger partial charge in [0, 0.05) is 0 Å². The molecule has 0 aliphatic heterocycles. The molecule has 6 heteroatoms. The average Bonchev–Trinajstić information content (AvgIpc) is 2.52. The molecule has 112 valence electrons. The Morgan fingerprint density at radius 3 is 1.05 bits per heavy atom. The van der Waals surface area contributed by atoms with Crippen molar-refractivity contribution in [1.29, 1.82) is 0 Å². The van der Waals surface area contributed by atoms with E-state index in [1.807, 2.05) is 0 Å². The van der Waals surface area contributed by atoms with Crippen molar-refractivity contribution in [2.75, 3.05) is 0 Å². The Morgan fingerprint density at radius 1 is 0.591 bits per heavy atom. The van der Waals surface area contributed by atoms with E-state index in [-0.39, 0.29) is 0 Å². The van der Waals surface area contributed by atoms with Gasteiger partial charge < -0.3 is 16.2 Å². The summed E-state index contributed by atoms with van der Waals surface area (Å²) in [4.78, 5) is 24.7. The minimum absolute atomic E-state index is 0.500. The lowest BCUT2D eigenvalue weighted by molar-refractivity contribution is 0.568. The maximum absolute atomic E-state index is 8.24. The molecule has 0 unspecified atom stereocenters. The van der Waals surface area contributed by atoms with Crippen LogP contribution in [-0.2, 0) is 20.8 Å². The quantitative estimate of drug-likeness (QED) is 0.625. The smallest absolute Gasteiger partial charge is 0.00258 e. The van der Waals surface area contributed by atoms with Crippen LogP contribution < -0.4 is 0 Å². The second-order valence-corrected chi connectivity index (χ2v) is 3.42. The fourth-order valence-corrected chi connectivity index (χ4v) is 1.43. The number of nitrogens with zero attached hydrogens (tertiary/aromatic N) is 3. The van der Waals surface area contributed by atoms with E-state index < -0.39 is 0 Å². The van der Waals surface area contributed by atoms with Crippen molar-refractivity contribution in [3.05, 3.63) is 88.0 Å². The molecule has 0 atom stereocenters. The number of benzene rings is 2. The molecule has 22 heavy (non-hydrogen) atoms.